The van der Waals surface area contributed by atoms with Gasteiger partial charge in [0.2, 0.25) is 0 Å². The van der Waals surface area contributed by atoms with Gasteiger partial charge in [-0.3, -0.25) is 14.7 Å². The summed E-state index contributed by atoms with van der Waals surface area (Å²) in [6, 6.07) is 4.43. The third kappa shape index (κ3) is 4.96. The number of ether oxygens (including phenoxy) is 1. The number of hydrogen-bond acceptors (Lipinski definition) is 7. The Kier molecular flexibility index (Phi) is 6.73. The van der Waals surface area contributed by atoms with E-state index in [0.717, 1.165) is 55.1 Å². The molecule has 0 bridgehead atoms. The van der Waals surface area contributed by atoms with Gasteiger partial charge < -0.3 is 9.64 Å². The van der Waals surface area contributed by atoms with E-state index in [0.29, 0.717) is 11.3 Å². The summed E-state index contributed by atoms with van der Waals surface area (Å²) in [5.41, 5.74) is -4.85. The molecule has 2 aromatic rings. The molecule has 0 spiro atoms. The van der Waals surface area contributed by atoms with Crippen LogP contribution in [0.3, 0.4) is 0 Å². The van der Waals surface area contributed by atoms with Crippen molar-refractivity contribution in [3.05, 3.63) is 48.3 Å². The molecule has 0 N–H and O–H groups in total. The zero-order chi connectivity index (χ0) is 25.4. The lowest BCUT2D eigenvalue weighted by Crippen LogP contribution is -2.35. The number of hydrogen-bond donors (Lipinski definition) is 0. The number of imide groups is 1. The van der Waals surface area contributed by atoms with Gasteiger partial charge in [-0.2, -0.15) is 13.2 Å². The molecule has 35 heavy (non-hydrogen) atoms. The molecule has 1 atom stereocenters. The van der Waals surface area contributed by atoms with E-state index in [1.54, 1.807) is 18.5 Å². The van der Waals surface area contributed by atoms with Gasteiger partial charge in [0, 0.05) is 24.8 Å². The van der Waals surface area contributed by atoms with Crippen LogP contribution in [0.5, 0.6) is 5.75 Å². The maximum atomic E-state index is 13.0. The highest BCUT2D eigenvalue weighted by Crippen LogP contribution is 2.32. The van der Waals surface area contributed by atoms with Crippen LogP contribution in [0.15, 0.2) is 47.6 Å². The van der Waals surface area contributed by atoms with Crippen LogP contribution in [0.4, 0.5) is 23.7 Å². The minimum atomic E-state index is -5.54. The van der Waals surface area contributed by atoms with E-state index in [2.05, 4.69) is 9.88 Å². The van der Waals surface area contributed by atoms with Gasteiger partial charge in [0.25, 0.3) is 15.7 Å². The van der Waals surface area contributed by atoms with E-state index in [9.17, 15) is 31.2 Å². The normalized spacial score (nSPS) is 18.4. The van der Waals surface area contributed by atoms with Crippen molar-refractivity contribution in [2.45, 2.75) is 42.9 Å². The molecule has 0 saturated carbocycles. The van der Waals surface area contributed by atoms with Crippen molar-refractivity contribution in [1.29, 1.82) is 0 Å². The molecule has 2 aliphatic rings. The van der Waals surface area contributed by atoms with Gasteiger partial charge in [-0.1, -0.05) is 0 Å². The molecule has 0 aliphatic carbocycles. The predicted molar refractivity (Wildman–Crippen MR) is 118 cm³/mol. The number of urea groups is 1. The van der Waals surface area contributed by atoms with Gasteiger partial charge in [0.05, 0.1) is 23.3 Å². The molecule has 1 aromatic carbocycles. The summed E-state index contributed by atoms with van der Waals surface area (Å²) in [5, 5.41) is 0. The summed E-state index contributed by atoms with van der Waals surface area (Å²) in [5.74, 6) is -0.115. The number of carbonyl (C=O) groups is 2. The van der Waals surface area contributed by atoms with Crippen molar-refractivity contribution < 1.29 is 35.9 Å². The minimum absolute atomic E-state index is 0.0301. The lowest BCUT2D eigenvalue weighted by atomic mass is 10.2. The van der Waals surface area contributed by atoms with Crippen LogP contribution >= 0.6 is 0 Å². The van der Waals surface area contributed by atoms with E-state index in [1.807, 2.05) is 6.92 Å². The largest absolute Gasteiger partial charge is 0.501 e. The van der Waals surface area contributed by atoms with Crippen molar-refractivity contribution in [1.82, 2.24) is 14.8 Å². The number of rotatable bonds is 7. The SMILES string of the molecule is CC(Oc1cnccc1CN1CC(=O)N(c2ccc(S(=O)(=O)C(F)(F)F)cc2)C1=O)N1CCCC1. The second-order valence-electron chi connectivity index (χ2n) is 8.25. The maximum Gasteiger partial charge on any atom is 0.501 e. The molecule has 13 heteroatoms. The molecule has 2 saturated heterocycles. The molecule has 0 radical (unpaired) electrons. The van der Waals surface area contributed by atoms with E-state index in [4.69, 9.17) is 4.74 Å². The van der Waals surface area contributed by atoms with Gasteiger partial charge in [-0.05, 0) is 50.1 Å². The number of nitrogens with zero attached hydrogens (tertiary/aromatic N) is 4. The third-order valence-electron chi connectivity index (χ3n) is 5.93. The van der Waals surface area contributed by atoms with E-state index in [-0.39, 0.29) is 25.0 Å². The number of pyridine rings is 1. The summed E-state index contributed by atoms with van der Waals surface area (Å²) in [6.45, 7) is 3.57. The Bertz CT molecular complexity index is 1210. The predicted octanol–water partition coefficient (Wildman–Crippen LogP) is 3.16. The van der Waals surface area contributed by atoms with Crippen molar-refractivity contribution in [3.63, 3.8) is 0 Å². The fraction of sp³-hybridized carbons (Fsp3) is 0.409. The number of sulfone groups is 1. The van der Waals surface area contributed by atoms with Gasteiger partial charge in [-0.15, -0.1) is 0 Å². The Morgan fingerprint density at radius 1 is 1.09 bits per heavy atom. The number of carbonyl (C=O) groups excluding carboxylic acids is 2. The molecule has 1 aromatic heterocycles. The van der Waals surface area contributed by atoms with Crippen LogP contribution in [0, 0.1) is 0 Å². The molecule has 3 amide bonds. The smallest absolute Gasteiger partial charge is 0.473 e. The fourth-order valence-electron chi connectivity index (χ4n) is 4.05. The van der Waals surface area contributed by atoms with Crippen LogP contribution in [0.25, 0.3) is 0 Å². The monoisotopic (exact) mass is 512 g/mol. The zero-order valence-corrected chi connectivity index (χ0v) is 19.6. The molecule has 1 unspecified atom stereocenters. The summed E-state index contributed by atoms with van der Waals surface area (Å²) in [6.07, 6.45) is 5.08. The first-order chi connectivity index (χ1) is 16.5. The van der Waals surface area contributed by atoms with Gasteiger partial charge in [0.1, 0.15) is 18.5 Å². The Labute approximate surface area is 200 Å². The molecule has 2 aliphatic heterocycles. The summed E-state index contributed by atoms with van der Waals surface area (Å²) in [4.78, 5) is 32.9. The first kappa shape index (κ1) is 24.9. The Morgan fingerprint density at radius 2 is 1.74 bits per heavy atom. The zero-order valence-electron chi connectivity index (χ0n) is 18.7. The third-order valence-corrected chi connectivity index (χ3v) is 7.43. The van der Waals surface area contributed by atoms with E-state index in [1.165, 1.54) is 4.90 Å². The van der Waals surface area contributed by atoms with E-state index >= 15 is 0 Å². The van der Waals surface area contributed by atoms with Gasteiger partial charge >= 0.3 is 11.5 Å². The van der Waals surface area contributed by atoms with Crippen molar-refractivity contribution in [2.75, 3.05) is 24.5 Å². The van der Waals surface area contributed by atoms with Crippen molar-refractivity contribution in [2.24, 2.45) is 0 Å². The van der Waals surface area contributed by atoms with Crippen LogP contribution < -0.4 is 9.64 Å². The van der Waals surface area contributed by atoms with Crippen LogP contribution in [-0.2, 0) is 21.2 Å². The summed E-state index contributed by atoms with van der Waals surface area (Å²) >= 11 is 0. The molecule has 3 heterocycles. The van der Waals surface area contributed by atoms with Crippen molar-refractivity contribution in [3.8, 4) is 5.75 Å². The molecular formula is C22H23F3N4O5S. The quantitative estimate of drug-likeness (QED) is 0.526. The average Bonchev–Trinajstić information content (AvgIpc) is 3.43. The van der Waals surface area contributed by atoms with Crippen LogP contribution in [0.2, 0.25) is 0 Å². The molecular weight excluding hydrogens is 489 g/mol. The molecule has 4 rings (SSSR count). The first-order valence-electron chi connectivity index (χ1n) is 10.9. The highest BCUT2D eigenvalue weighted by molar-refractivity contribution is 7.92. The van der Waals surface area contributed by atoms with E-state index < -0.39 is 32.2 Å². The Balaban J connectivity index is 1.49. The second-order valence-corrected chi connectivity index (χ2v) is 10.2. The number of alkyl halides is 3. The molecule has 2 fully saturated rings. The number of aromatic nitrogens is 1. The lowest BCUT2D eigenvalue weighted by Gasteiger charge is -2.26. The minimum Gasteiger partial charge on any atom is -0.473 e. The van der Waals surface area contributed by atoms with Gasteiger partial charge in [0.15, 0.2) is 0 Å². The highest BCUT2D eigenvalue weighted by atomic mass is 32.2. The topological polar surface area (TPSA) is 100 Å². The average molecular weight is 513 g/mol. The number of likely N-dealkylation sites (tertiary alicyclic amines) is 1. The number of amides is 3. The summed E-state index contributed by atoms with van der Waals surface area (Å²) in [7, 11) is -5.54. The maximum absolute atomic E-state index is 13.0. The standard InChI is InChI=1S/C22H23F3N4O5S/c1-15(27-10-2-3-11-27)34-19-12-26-9-8-16(19)13-28-14-20(30)29(21(28)31)17-4-6-18(7-5-17)35(32,33)22(23,24)25/h4-9,12,15H,2-3,10-11,13-14H2,1H3. The molecule has 188 valence electrons. The van der Waals surface area contributed by atoms with Crippen molar-refractivity contribution >= 4 is 27.5 Å². The van der Waals surface area contributed by atoms with Crippen LogP contribution in [0.1, 0.15) is 25.3 Å². The number of benzene rings is 1. The Morgan fingerprint density at radius 3 is 2.37 bits per heavy atom. The second kappa shape index (κ2) is 9.46. The fourth-order valence-corrected chi connectivity index (χ4v) is 4.81. The van der Waals surface area contributed by atoms with Crippen LogP contribution in [-0.4, -0.2) is 66.5 Å². The first-order valence-corrected chi connectivity index (χ1v) is 12.3. The number of anilines is 1. The van der Waals surface area contributed by atoms with Gasteiger partial charge in [-0.25, -0.2) is 18.1 Å². The highest BCUT2D eigenvalue weighted by Gasteiger charge is 2.47. The summed E-state index contributed by atoms with van der Waals surface area (Å²) < 4.78 is 67.5. The lowest BCUT2D eigenvalue weighted by molar-refractivity contribution is -0.116. The number of halogens is 3. The Hall–Kier alpha value is -3.19. The molecule has 9 nitrogen and oxygen atoms in total.